The van der Waals surface area contributed by atoms with E-state index >= 15 is 0 Å². The molecule has 23 heavy (non-hydrogen) atoms. The van der Waals surface area contributed by atoms with Gasteiger partial charge in [-0.1, -0.05) is 55.5 Å². The van der Waals surface area contributed by atoms with Gasteiger partial charge in [0.1, 0.15) is 24.1 Å². The average molecular weight is 312 g/mol. The lowest BCUT2D eigenvalue weighted by molar-refractivity contribution is 0.290. The molecule has 0 bridgehead atoms. The summed E-state index contributed by atoms with van der Waals surface area (Å²) >= 11 is 0. The number of benzene rings is 1. The Kier molecular flexibility index (Phi) is 6.61. The molecule has 0 radical (unpaired) electrons. The van der Waals surface area contributed by atoms with Crippen molar-refractivity contribution in [2.45, 2.75) is 59.1 Å². The zero-order valence-corrected chi connectivity index (χ0v) is 14.0. The Morgan fingerprint density at radius 3 is 2.57 bits per heavy atom. The van der Waals surface area contributed by atoms with E-state index in [9.17, 15) is 5.26 Å². The smallest absolute Gasteiger partial charge is 0.189 e. The molecule has 0 aliphatic carbocycles. The van der Waals surface area contributed by atoms with Crippen molar-refractivity contribution in [3.63, 3.8) is 0 Å². The van der Waals surface area contributed by atoms with E-state index in [1.165, 1.54) is 31.2 Å². The van der Waals surface area contributed by atoms with Gasteiger partial charge in [-0.05, 0) is 25.5 Å². The van der Waals surface area contributed by atoms with Gasteiger partial charge in [0, 0.05) is 6.54 Å². The molecule has 122 valence electrons. The van der Waals surface area contributed by atoms with Gasteiger partial charge in [0.05, 0.1) is 0 Å². The van der Waals surface area contributed by atoms with E-state index in [0.717, 1.165) is 24.4 Å². The van der Waals surface area contributed by atoms with E-state index in [1.807, 2.05) is 31.2 Å². The van der Waals surface area contributed by atoms with Gasteiger partial charge < -0.3 is 4.74 Å². The topological polar surface area (TPSA) is 63.7 Å². The van der Waals surface area contributed by atoms with E-state index in [-0.39, 0.29) is 0 Å². The third-order valence-electron chi connectivity index (χ3n) is 3.81. The fourth-order valence-corrected chi connectivity index (χ4v) is 2.39. The maximum atomic E-state index is 9.19. The molecule has 5 nitrogen and oxygen atoms in total. The summed E-state index contributed by atoms with van der Waals surface area (Å²) in [6.45, 7) is 5.34. The van der Waals surface area contributed by atoms with Crippen LogP contribution in [0.2, 0.25) is 0 Å². The minimum Gasteiger partial charge on any atom is -0.487 e. The first-order chi connectivity index (χ1) is 11.2. The predicted molar refractivity (Wildman–Crippen MR) is 89.0 cm³/mol. The zero-order valence-electron chi connectivity index (χ0n) is 14.0. The maximum absolute atomic E-state index is 9.19. The molecule has 0 N–H and O–H groups in total. The number of aryl methyl sites for hydroxylation is 2. The van der Waals surface area contributed by atoms with Gasteiger partial charge in [-0.2, -0.15) is 5.26 Å². The van der Waals surface area contributed by atoms with Crippen LogP contribution in [0.3, 0.4) is 0 Å². The molecule has 0 amide bonds. The highest BCUT2D eigenvalue weighted by Gasteiger charge is 2.13. The van der Waals surface area contributed by atoms with Crippen LogP contribution in [-0.4, -0.2) is 15.0 Å². The van der Waals surface area contributed by atoms with Crippen molar-refractivity contribution in [2.75, 3.05) is 0 Å². The lowest BCUT2D eigenvalue weighted by Gasteiger charge is -2.09. The molecule has 0 unspecified atom stereocenters. The van der Waals surface area contributed by atoms with Crippen LogP contribution < -0.4 is 4.74 Å². The Bertz CT molecular complexity index is 640. The van der Waals surface area contributed by atoms with Crippen LogP contribution in [0, 0.1) is 18.3 Å². The number of rotatable bonds is 9. The summed E-state index contributed by atoms with van der Waals surface area (Å²) in [7, 11) is 0. The summed E-state index contributed by atoms with van der Waals surface area (Å²) in [4.78, 5) is 0. The van der Waals surface area contributed by atoms with E-state index in [2.05, 4.69) is 23.3 Å². The van der Waals surface area contributed by atoms with Crippen molar-refractivity contribution in [1.29, 1.82) is 5.26 Å². The van der Waals surface area contributed by atoms with Crippen molar-refractivity contribution >= 4 is 0 Å². The highest BCUT2D eigenvalue weighted by atomic mass is 16.5. The first kappa shape index (κ1) is 17.0. The van der Waals surface area contributed by atoms with Crippen LogP contribution in [-0.2, 0) is 13.2 Å². The summed E-state index contributed by atoms with van der Waals surface area (Å²) in [5.74, 6) is 0.787. The quantitative estimate of drug-likeness (QED) is 0.656. The second kappa shape index (κ2) is 8.94. The predicted octanol–water partition coefficient (Wildman–Crippen LogP) is 4.01. The van der Waals surface area contributed by atoms with E-state index in [4.69, 9.17) is 4.74 Å². The number of nitrogens with zero attached hydrogens (tertiary/aromatic N) is 4. The molecule has 0 saturated heterocycles. The van der Waals surface area contributed by atoms with Gasteiger partial charge in [0.15, 0.2) is 5.69 Å². The normalized spacial score (nSPS) is 10.5. The van der Waals surface area contributed by atoms with Crippen LogP contribution in [0.5, 0.6) is 5.75 Å². The molecule has 0 saturated carbocycles. The highest BCUT2D eigenvalue weighted by Crippen LogP contribution is 2.15. The van der Waals surface area contributed by atoms with Crippen molar-refractivity contribution in [1.82, 2.24) is 15.0 Å². The van der Waals surface area contributed by atoms with E-state index in [1.54, 1.807) is 4.68 Å². The Hall–Kier alpha value is -2.35. The summed E-state index contributed by atoms with van der Waals surface area (Å²) < 4.78 is 7.59. The molecule has 2 rings (SSSR count). The molecule has 1 heterocycles. The van der Waals surface area contributed by atoms with Gasteiger partial charge in [-0.3, -0.25) is 0 Å². The number of hydrogen-bond donors (Lipinski definition) is 0. The number of nitriles is 1. The molecule has 0 fully saturated rings. The number of unbranched alkanes of at least 4 members (excludes halogenated alkanes) is 4. The van der Waals surface area contributed by atoms with E-state index in [0.29, 0.717) is 12.3 Å². The van der Waals surface area contributed by atoms with Gasteiger partial charge >= 0.3 is 0 Å². The monoisotopic (exact) mass is 312 g/mol. The van der Waals surface area contributed by atoms with Crippen LogP contribution in [0.15, 0.2) is 24.3 Å². The molecule has 0 aliphatic heterocycles. The third kappa shape index (κ3) is 5.10. The van der Waals surface area contributed by atoms with Crippen molar-refractivity contribution < 1.29 is 4.74 Å². The van der Waals surface area contributed by atoms with Crippen molar-refractivity contribution in [3.8, 4) is 11.8 Å². The molecule has 5 heteroatoms. The largest absolute Gasteiger partial charge is 0.487 e. The summed E-state index contributed by atoms with van der Waals surface area (Å²) in [6, 6.07) is 9.97. The lowest BCUT2D eigenvalue weighted by atomic mass is 10.1. The Labute approximate surface area is 137 Å². The Morgan fingerprint density at radius 2 is 1.87 bits per heavy atom. The Balaban J connectivity index is 1.95. The molecule has 0 aliphatic rings. The molecular weight excluding hydrogens is 288 g/mol. The number of ether oxygens (including phenoxy) is 1. The lowest BCUT2D eigenvalue weighted by Crippen LogP contribution is -2.09. The summed E-state index contributed by atoms with van der Waals surface area (Å²) in [6.07, 6.45) is 5.97. The molecule has 0 atom stereocenters. The van der Waals surface area contributed by atoms with Gasteiger partial charge in [0.25, 0.3) is 0 Å². The van der Waals surface area contributed by atoms with Crippen LogP contribution >= 0.6 is 0 Å². The summed E-state index contributed by atoms with van der Waals surface area (Å²) in [5, 5.41) is 17.2. The highest BCUT2D eigenvalue weighted by molar-refractivity contribution is 5.28. The minimum absolute atomic E-state index is 0.313. The average Bonchev–Trinajstić information content (AvgIpc) is 2.96. The standard InChI is InChI=1S/C18H24N4O/c1-3-4-5-6-7-12-22-18(17(13-19)20-21-22)14-23-16-10-8-15(2)9-11-16/h8-11H,3-7,12,14H2,1-2H3. The zero-order chi connectivity index (χ0) is 16.5. The SMILES string of the molecule is CCCCCCCn1nnc(C#N)c1COc1ccc(C)cc1. The number of aromatic nitrogens is 3. The van der Waals surface area contributed by atoms with E-state index < -0.39 is 0 Å². The maximum Gasteiger partial charge on any atom is 0.189 e. The third-order valence-corrected chi connectivity index (χ3v) is 3.81. The van der Waals surface area contributed by atoms with Crippen LogP contribution in [0.25, 0.3) is 0 Å². The molecule has 1 aromatic carbocycles. The van der Waals surface area contributed by atoms with Crippen molar-refractivity contribution in [2.24, 2.45) is 0 Å². The second-order valence-corrected chi connectivity index (χ2v) is 5.74. The first-order valence-corrected chi connectivity index (χ1v) is 8.26. The van der Waals surface area contributed by atoms with Crippen LogP contribution in [0.1, 0.15) is 56.0 Å². The van der Waals surface area contributed by atoms with Crippen molar-refractivity contribution in [3.05, 3.63) is 41.2 Å². The summed E-state index contributed by atoms with van der Waals surface area (Å²) in [5.41, 5.74) is 2.29. The Morgan fingerprint density at radius 1 is 1.13 bits per heavy atom. The number of hydrogen-bond acceptors (Lipinski definition) is 4. The first-order valence-electron chi connectivity index (χ1n) is 8.26. The van der Waals surface area contributed by atoms with Crippen LogP contribution in [0.4, 0.5) is 0 Å². The fourth-order valence-electron chi connectivity index (χ4n) is 2.39. The van der Waals surface area contributed by atoms with Gasteiger partial charge in [0.2, 0.25) is 0 Å². The molecule has 2 aromatic rings. The van der Waals surface area contributed by atoms with Gasteiger partial charge in [-0.15, -0.1) is 5.10 Å². The second-order valence-electron chi connectivity index (χ2n) is 5.74. The minimum atomic E-state index is 0.313. The molecular formula is C18H24N4O. The molecule has 0 spiro atoms. The van der Waals surface area contributed by atoms with Gasteiger partial charge in [-0.25, -0.2) is 4.68 Å². The molecule has 1 aromatic heterocycles. The fraction of sp³-hybridized carbons (Fsp3) is 0.500.